The van der Waals surface area contributed by atoms with Crippen molar-refractivity contribution in [2.24, 2.45) is 0 Å². The van der Waals surface area contributed by atoms with Gasteiger partial charge in [0.15, 0.2) is 0 Å². The van der Waals surface area contributed by atoms with Crippen molar-refractivity contribution in [2.45, 2.75) is 38.5 Å². The summed E-state index contributed by atoms with van der Waals surface area (Å²) in [6, 6.07) is 14.1. The van der Waals surface area contributed by atoms with E-state index in [4.69, 9.17) is 9.72 Å². The van der Waals surface area contributed by atoms with Crippen LogP contribution in [0.5, 0.6) is 0 Å². The van der Waals surface area contributed by atoms with Crippen LogP contribution in [0.4, 0.5) is 0 Å². The molecule has 0 bridgehead atoms. The van der Waals surface area contributed by atoms with E-state index in [1.165, 1.54) is 22.1 Å². The van der Waals surface area contributed by atoms with Crippen molar-refractivity contribution in [1.82, 2.24) is 4.98 Å². The topological polar surface area (TPSA) is 39.2 Å². The molecule has 0 aliphatic carbocycles. The fourth-order valence-electron chi connectivity index (χ4n) is 3.00. The Morgan fingerprint density at radius 2 is 1.77 bits per heavy atom. The average molecular weight is 365 g/mol. The Morgan fingerprint density at radius 3 is 2.46 bits per heavy atom. The third-order valence-corrected chi connectivity index (χ3v) is 5.27. The molecule has 0 radical (unpaired) electrons. The Labute approximate surface area is 158 Å². The van der Waals surface area contributed by atoms with Gasteiger partial charge in [0.1, 0.15) is 0 Å². The number of hydrogen-bond donors (Lipinski definition) is 0. The van der Waals surface area contributed by atoms with Crippen LogP contribution in [0, 0.1) is 20.8 Å². The van der Waals surface area contributed by atoms with Crippen LogP contribution < -0.4 is 0 Å². The van der Waals surface area contributed by atoms with E-state index in [2.05, 4.69) is 39.0 Å². The van der Waals surface area contributed by atoms with Crippen LogP contribution in [-0.4, -0.2) is 17.6 Å². The summed E-state index contributed by atoms with van der Waals surface area (Å²) in [5, 5.41) is 2.25. The van der Waals surface area contributed by atoms with Gasteiger partial charge >= 0.3 is 5.97 Å². The molecule has 0 aliphatic rings. The number of ether oxygens (including phenoxy) is 1. The highest BCUT2D eigenvalue weighted by atomic mass is 32.2. The van der Waals surface area contributed by atoms with Gasteiger partial charge in [-0.15, -0.1) is 11.8 Å². The van der Waals surface area contributed by atoms with E-state index in [1.54, 1.807) is 11.8 Å². The first-order valence-electron chi connectivity index (χ1n) is 8.75. The summed E-state index contributed by atoms with van der Waals surface area (Å²) in [5.41, 5.74) is 6.55. The SMILES string of the molecule is CCOC(=O)c1ccc(CSc2cc(C)c3cc(C)cc(C)c3n2)cc1. The molecule has 0 unspecified atom stereocenters. The number of aryl methyl sites for hydroxylation is 3. The summed E-state index contributed by atoms with van der Waals surface area (Å²) in [7, 11) is 0. The number of carbonyl (C=O) groups excluding carboxylic acids is 1. The van der Waals surface area contributed by atoms with Crippen LogP contribution in [0.1, 0.15) is 39.5 Å². The quantitative estimate of drug-likeness (QED) is 0.434. The van der Waals surface area contributed by atoms with Crippen molar-refractivity contribution in [3.63, 3.8) is 0 Å². The normalized spacial score (nSPS) is 10.9. The first-order valence-corrected chi connectivity index (χ1v) is 9.74. The minimum Gasteiger partial charge on any atom is -0.462 e. The maximum Gasteiger partial charge on any atom is 0.338 e. The highest BCUT2D eigenvalue weighted by molar-refractivity contribution is 7.98. The lowest BCUT2D eigenvalue weighted by Gasteiger charge is -2.10. The molecule has 3 nitrogen and oxygen atoms in total. The number of pyridine rings is 1. The van der Waals surface area contributed by atoms with Gasteiger partial charge in [0.25, 0.3) is 0 Å². The molecule has 0 saturated heterocycles. The number of aromatic nitrogens is 1. The zero-order valence-corrected chi connectivity index (χ0v) is 16.4. The Morgan fingerprint density at radius 1 is 1.04 bits per heavy atom. The van der Waals surface area contributed by atoms with Crippen molar-refractivity contribution in [1.29, 1.82) is 0 Å². The van der Waals surface area contributed by atoms with Gasteiger partial charge in [0.2, 0.25) is 0 Å². The van der Waals surface area contributed by atoms with Gasteiger partial charge in [-0.2, -0.15) is 0 Å². The molecular weight excluding hydrogens is 342 g/mol. The number of carbonyl (C=O) groups is 1. The van der Waals surface area contributed by atoms with Crippen molar-refractivity contribution < 1.29 is 9.53 Å². The molecule has 4 heteroatoms. The molecular formula is C22H23NO2S. The Bertz CT molecular complexity index is 949. The molecule has 0 saturated carbocycles. The molecule has 3 rings (SSSR count). The number of esters is 1. The highest BCUT2D eigenvalue weighted by Gasteiger charge is 2.08. The molecule has 3 aromatic rings. The maximum atomic E-state index is 11.7. The standard InChI is InChI=1S/C22H23NO2S/c1-5-25-22(24)18-8-6-17(7-9-18)13-26-20-12-15(3)19-11-14(2)10-16(4)21(19)23-20/h6-12H,5,13H2,1-4H3. The van der Waals surface area contributed by atoms with Crippen LogP contribution in [-0.2, 0) is 10.5 Å². The third kappa shape index (κ3) is 4.07. The highest BCUT2D eigenvalue weighted by Crippen LogP contribution is 2.28. The largest absolute Gasteiger partial charge is 0.462 e. The summed E-state index contributed by atoms with van der Waals surface area (Å²) >= 11 is 1.71. The van der Waals surface area contributed by atoms with Gasteiger partial charge in [-0.1, -0.05) is 23.8 Å². The first kappa shape index (κ1) is 18.5. The van der Waals surface area contributed by atoms with Gasteiger partial charge in [-0.05, 0) is 68.7 Å². The van der Waals surface area contributed by atoms with Crippen molar-refractivity contribution in [3.05, 3.63) is 70.3 Å². The maximum absolute atomic E-state index is 11.7. The van der Waals surface area contributed by atoms with E-state index in [1.807, 2.05) is 31.2 Å². The number of fused-ring (bicyclic) bond motifs is 1. The predicted octanol–water partition coefficient (Wildman–Crippen LogP) is 5.63. The minimum absolute atomic E-state index is 0.274. The van der Waals surface area contributed by atoms with Crippen LogP contribution >= 0.6 is 11.8 Å². The van der Waals surface area contributed by atoms with Gasteiger partial charge in [0.05, 0.1) is 22.7 Å². The van der Waals surface area contributed by atoms with Crippen LogP contribution in [0.2, 0.25) is 0 Å². The van der Waals surface area contributed by atoms with E-state index in [-0.39, 0.29) is 5.97 Å². The predicted molar refractivity (Wildman–Crippen MR) is 108 cm³/mol. The summed E-state index contributed by atoms with van der Waals surface area (Å²) in [4.78, 5) is 16.6. The average Bonchev–Trinajstić information content (AvgIpc) is 2.61. The molecule has 2 aromatic carbocycles. The Kier molecular flexibility index (Phi) is 5.62. The number of nitrogens with zero attached hydrogens (tertiary/aromatic N) is 1. The lowest BCUT2D eigenvalue weighted by molar-refractivity contribution is 0.0526. The van der Waals surface area contributed by atoms with E-state index in [0.717, 1.165) is 21.9 Å². The van der Waals surface area contributed by atoms with Crippen molar-refractivity contribution in [3.8, 4) is 0 Å². The molecule has 0 atom stereocenters. The van der Waals surface area contributed by atoms with Crippen molar-refractivity contribution in [2.75, 3.05) is 6.61 Å². The monoisotopic (exact) mass is 365 g/mol. The second-order valence-electron chi connectivity index (χ2n) is 6.46. The van der Waals surface area contributed by atoms with E-state index >= 15 is 0 Å². The van der Waals surface area contributed by atoms with Crippen LogP contribution in [0.3, 0.4) is 0 Å². The number of thioether (sulfide) groups is 1. The molecule has 1 heterocycles. The summed E-state index contributed by atoms with van der Waals surface area (Å²) < 4.78 is 5.02. The second-order valence-corrected chi connectivity index (χ2v) is 7.46. The molecule has 0 spiro atoms. The Balaban J connectivity index is 1.76. The molecule has 1 aromatic heterocycles. The fraction of sp³-hybridized carbons (Fsp3) is 0.273. The van der Waals surface area contributed by atoms with E-state index in [0.29, 0.717) is 12.2 Å². The first-order chi connectivity index (χ1) is 12.5. The lowest BCUT2D eigenvalue weighted by atomic mass is 10.0. The third-order valence-electron chi connectivity index (χ3n) is 4.28. The summed E-state index contributed by atoms with van der Waals surface area (Å²) in [6.07, 6.45) is 0. The lowest BCUT2D eigenvalue weighted by Crippen LogP contribution is -2.04. The number of rotatable bonds is 5. The molecule has 134 valence electrons. The molecule has 0 aliphatic heterocycles. The van der Waals surface area contributed by atoms with Gasteiger partial charge in [-0.25, -0.2) is 9.78 Å². The van der Waals surface area contributed by atoms with Gasteiger partial charge in [0, 0.05) is 11.1 Å². The van der Waals surface area contributed by atoms with Crippen LogP contribution in [0.25, 0.3) is 10.9 Å². The Hall–Kier alpha value is -2.33. The van der Waals surface area contributed by atoms with Gasteiger partial charge < -0.3 is 4.74 Å². The summed E-state index contributed by atoms with van der Waals surface area (Å²) in [5.74, 6) is 0.538. The molecule has 0 amide bonds. The smallest absolute Gasteiger partial charge is 0.338 e. The molecule has 0 N–H and O–H groups in total. The van der Waals surface area contributed by atoms with Crippen LogP contribution in [0.15, 0.2) is 47.5 Å². The molecule has 26 heavy (non-hydrogen) atoms. The zero-order valence-electron chi connectivity index (χ0n) is 15.6. The summed E-state index contributed by atoms with van der Waals surface area (Å²) in [6.45, 7) is 8.58. The zero-order chi connectivity index (χ0) is 18.7. The van der Waals surface area contributed by atoms with E-state index in [9.17, 15) is 4.79 Å². The minimum atomic E-state index is -0.274. The van der Waals surface area contributed by atoms with E-state index < -0.39 is 0 Å². The number of hydrogen-bond acceptors (Lipinski definition) is 4. The molecule has 0 fully saturated rings. The fourth-order valence-corrected chi connectivity index (χ4v) is 3.92. The van der Waals surface area contributed by atoms with Crippen molar-refractivity contribution >= 4 is 28.6 Å². The van der Waals surface area contributed by atoms with Gasteiger partial charge in [-0.3, -0.25) is 0 Å². The number of benzene rings is 2. The second kappa shape index (κ2) is 7.92.